The Labute approximate surface area is 113 Å². The van der Waals surface area contributed by atoms with Gasteiger partial charge in [0.2, 0.25) is 10.0 Å². The molecule has 1 aromatic heterocycles. The van der Waals surface area contributed by atoms with Gasteiger partial charge >= 0.3 is 0 Å². The Morgan fingerprint density at radius 2 is 2.21 bits per heavy atom. The number of aromatic nitrogens is 1. The summed E-state index contributed by atoms with van der Waals surface area (Å²) in [5.74, 6) is -0.273. The van der Waals surface area contributed by atoms with Crippen LogP contribution in [0.4, 0.5) is 10.1 Å². The second-order valence-electron chi connectivity index (χ2n) is 4.63. The van der Waals surface area contributed by atoms with Crippen LogP contribution in [0.2, 0.25) is 0 Å². The van der Waals surface area contributed by atoms with Gasteiger partial charge in [0, 0.05) is 31.9 Å². The Bertz CT molecular complexity index is 550. The number of sulfonamides is 1. The van der Waals surface area contributed by atoms with Gasteiger partial charge in [0.25, 0.3) is 0 Å². The SMILES string of the molecule is CCS(=O)(=O)N1CCN(c2ccncc2F)C(C)C1. The van der Waals surface area contributed by atoms with E-state index < -0.39 is 10.0 Å². The van der Waals surface area contributed by atoms with Crippen molar-refractivity contribution in [3.63, 3.8) is 0 Å². The summed E-state index contributed by atoms with van der Waals surface area (Å²) in [7, 11) is -3.17. The smallest absolute Gasteiger partial charge is 0.213 e. The topological polar surface area (TPSA) is 53.5 Å². The highest BCUT2D eigenvalue weighted by molar-refractivity contribution is 7.89. The van der Waals surface area contributed by atoms with E-state index in [-0.39, 0.29) is 17.6 Å². The Kier molecular flexibility index (Phi) is 4.05. The van der Waals surface area contributed by atoms with Crippen molar-refractivity contribution in [2.45, 2.75) is 19.9 Å². The van der Waals surface area contributed by atoms with Crippen LogP contribution in [-0.2, 0) is 10.0 Å². The van der Waals surface area contributed by atoms with E-state index in [2.05, 4.69) is 4.98 Å². The molecule has 0 radical (unpaired) electrons. The predicted octanol–water partition coefficient (Wildman–Crippen LogP) is 1.08. The van der Waals surface area contributed by atoms with Gasteiger partial charge < -0.3 is 4.90 Å². The van der Waals surface area contributed by atoms with Crippen LogP contribution in [0.3, 0.4) is 0 Å². The number of halogens is 1. The minimum Gasteiger partial charge on any atom is -0.364 e. The third-order valence-corrected chi connectivity index (χ3v) is 5.26. The first-order chi connectivity index (χ1) is 8.95. The highest BCUT2D eigenvalue weighted by Gasteiger charge is 2.31. The maximum Gasteiger partial charge on any atom is 0.213 e. The molecular formula is C12H18FN3O2S. The second kappa shape index (κ2) is 5.42. The number of nitrogens with zero attached hydrogens (tertiary/aromatic N) is 3. The monoisotopic (exact) mass is 287 g/mol. The van der Waals surface area contributed by atoms with E-state index in [0.717, 1.165) is 0 Å². The third-order valence-electron chi connectivity index (χ3n) is 3.41. The van der Waals surface area contributed by atoms with Crippen molar-refractivity contribution in [1.29, 1.82) is 0 Å². The van der Waals surface area contributed by atoms with Gasteiger partial charge in [-0.05, 0) is 19.9 Å². The highest BCUT2D eigenvalue weighted by Crippen LogP contribution is 2.23. The van der Waals surface area contributed by atoms with E-state index >= 15 is 0 Å². The lowest BCUT2D eigenvalue weighted by atomic mass is 10.2. The van der Waals surface area contributed by atoms with E-state index in [1.54, 1.807) is 19.2 Å². The fraction of sp³-hybridized carbons (Fsp3) is 0.583. The maximum atomic E-state index is 13.7. The molecule has 1 aliphatic rings. The summed E-state index contributed by atoms with van der Waals surface area (Å²) in [5, 5.41) is 0. The van der Waals surface area contributed by atoms with Gasteiger partial charge in [-0.25, -0.2) is 12.8 Å². The van der Waals surface area contributed by atoms with Crippen molar-refractivity contribution in [3.05, 3.63) is 24.3 Å². The molecule has 0 bridgehead atoms. The van der Waals surface area contributed by atoms with E-state index in [1.165, 1.54) is 10.5 Å². The zero-order valence-electron chi connectivity index (χ0n) is 11.1. The van der Waals surface area contributed by atoms with Crippen molar-refractivity contribution in [3.8, 4) is 0 Å². The third kappa shape index (κ3) is 2.87. The predicted molar refractivity (Wildman–Crippen MR) is 72.0 cm³/mol. The molecule has 1 aliphatic heterocycles. The van der Waals surface area contributed by atoms with Crippen molar-refractivity contribution in [2.75, 3.05) is 30.3 Å². The molecule has 0 saturated carbocycles. The number of anilines is 1. The van der Waals surface area contributed by atoms with Gasteiger partial charge in [0.05, 0.1) is 17.6 Å². The molecule has 1 aromatic rings. The Balaban J connectivity index is 2.16. The first kappa shape index (κ1) is 14.2. The van der Waals surface area contributed by atoms with Crippen LogP contribution in [0.25, 0.3) is 0 Å². The molecule has 0 N–H and O–H groups in total. The van der Waals surface area contributed by atoms with Gasteiger partial charge in [-0.3, -0.25) is 4.98 Å². The van der Waals surface area contributed by atoms with Gasteiger partial charge in [0.1, 0.15) is 0 Å². The molecule has 5 nitrogen and oxygen atoms in total. The standard InChI is InChI=1S/C12H18FN3O2S/c1-3-19(17,18)15-6-7-16(10(2)9-15)12-4-5-14-8-11(12)13/h4-5,8,10H,3,6-7,9H2,1-2H3. The first-order valence-electron chi connectivity index (χ1n) is 6.29. The van der Waals surface area contributed by atoms with Gasteiger partial charge in [0.15, 0.2) is 5.82 Å². The number of hydrogen-bond donors (Lipinski definition) is 0. The van der Waals surface area contributed by atoms with E-state index in [0.29, 0.717) is 25.3 Å². The van der Waals surface area contributed by atoms with Gasteiger partial charge in [-0.2, -0.15) is 4.31 Å². The maximum absolute atomic E-state index is 13.7. The lowest BCUT2D eigenvalue weighted by Gasteiger charge is -2.40. The number of hydrogen-bond acceptors (Lipinski definition) is 4. The molecule has 19 heavy (non-hydrogen) atoms. The van der Waals surface area contributed by atoms with E-state index in [1.807, 2.05) is 11.8 Å². The Morgan fingerprint density at radius 3 is 2.79 bits per heavy atom. The molecule has 2 rings (SSSR count). The van der Waals surface area contributed by atoms with Gasteiger partial charge in [-0.1, -0.05) is 0 Å². The molecule has 0 aliphatic carbocycles. The first-order valence-corrected chi connectivity index (χ1v) is 7.90. The summed E-state index contributed by atoms with van der Waals surface area (Å²) < 4.78 is 38.9. The van der Waals surface area contributed by atoms with Crippen LogP contribution >= 0.6 is 0 Å². The molecule has 1 unspecified atom stereocenters. The van der Waals surface area contributed by atoms with E-state index in [9.17, 15) is 12.8 Å². The van der Waals surface area contributed by atoms with Crippen molar-refractivity contribution >= 4 is 15.7 Å². The van der Waals surface area contributed by atoms with Crippen LogP contribution < -0.4 is 4.90 Å². The number of pyridine rings is 1. The van der Waals surface area contributed by atoms with Crippen molar-refractivity contribution in [2.24, 2.45) is 0 Å². The molecular weight excluding hydrogens is 269 g/mol. The molecule has 0 spiro atoms. The zero-order valence-corrected chi connectivity index (χ0v) is 11.9. The summed E-state index contributed by atoms with van der Waals surface area (Å²) in [6.07, 6.45) is 2.72. The van der Waals surface area contributed by atoms with Crippen LogP contribution in [0.5, 0.6) is 0 Å². The second-order valence-corrected chi connectivity index (χ2v) is 6.89. The average molecular weight is 287 g/mol. The molecule has 2 heterocycles. The average Bonchev–Trinajstić information content (AvgIpc) is 2.39. The van der Waals surface area contributed by atoms with Crippen molar-refractivity contribution < 1.29 is 12.8 Å². The fourth-order valence-corrected chi connectivity index (χ4v) is 3.49. The van der Waals surface area contributed by atoms with Crippen molar-refractivity contribution in [1.82, 2.24) is 9.29 Å². The van der Waals surface area contributed by atoms with Gasteiger partial charge in [-0.15, -0.1) is 0 Å². The zero-order chi connectivity index (χ0) is 14.0. The fourth-order valence-electron chi connectivity index (χ4n) is 2.32. The minimum absolute atomic E-state index is 0.0630. The molecule has 1 atom stereocenters. The van der Waals surface area contributed by atoms with E-state index in [4.69, 9.17) is 0 Å². The van der Waals surface area contributed by atoms with Crippen LogP contribution in [0.15, 0.2) is 18.5 Å². The molecule has 0 amide bonds. The van der Waals surface area contributed by atoms with Crippen LogP contribution in [-0.4, -0.2) is 49.1 Å². The van der Waals surface area contributed by atoms with Crippen LogP contribution in [0, 0.1) is 5.82 Å². The summed E-state index contributed by atoms with van der Waals surface area (Å²) >= 11 is 0. The minimum atomic E-state index is -3.17. The summed E-state index contributed by atoms with van der Waals surface area (Å²) in [6.45, 7) is 4.80. The number of rotatable bonds is 3. The lowest BCUT2D eigenvalue weighted by molar-refractivity contribution is 0.341. The highest BCUT2D eigenvalue weighted by atomic mass is 32.2. The molecule has 0 aromatic carbocycles. The normalized spacial score (nSPS) is 21.6. The summed E-state index contributed by atoms with van der Waals surface area (Å²) in [6, 6.07) is 1.56. The lowest BCUT2D eigenvalue weighted by Crippen LogP contribution is -2.54. The molecule has 1 fully saturated rings. The number of piperazine rings is 1. The molecule has 1 saturated heterocycles. The Morgan fingerprint density at radius 1 is 1.47 bits per heavy atom. The van der Waals surface area contributed by atoms with Crippen LogP contribution in [0.1, 0.15) is 13.8 Å². The largest absolute Gasteiger partial charge is 0.364 e. The summed E-state index contributed by atoms with van der Waals surface area (Å²) in [4.78, 5) is 5.61. The molecule has 7 heteroatoms. The molecule has 106 valence electrons. The Hall–Kier alpha value is -1.21. The quantitative estimate of drug-likeness (QED) is 0.835. The summed E-state index contributed by atoms with van der Waals surface area (Å²) in [5.41, 5.74) is 0.482.